The number of imidazole rings is 1. The van der Waals surface area contributed by atoms with Gasteiger partial charge in [0.1, 0.15) is 5.69 Å². The Bertz CT molecular complexity index is 1660. The van der Waals surface area contributed by atoms with E-state index in [-0.39, 0.29) is 11.5 Å². The average molecular weight is 536 g/mol. The van der Waals surface area contributed by atoms with Crippen molar-refractivity contribution in [3.63, 3.8) is 0 Å². The third kappa shape index (κ3) is 5.36. The first-order valence-electron chi connectivity index (χ1n) is 12.5. The van der Waals surface area contributed by atoms with Crippen molar-refractivity contribution < 1.29 is 14.1 Å². The molecule has 0 radical (unpaired) electrons. The van der Waals surface area contributed by atoms with Gasteiger partial charge in [0.05, 0.1) is 31.8 Å². The zero-order valence-corrected chi connectivity index (χ0v) is 22.5. The average Bonchev–Trinajstić information content (AvgIpc) is 3.60. The smallest absolute Gasteiger partial charge is 0.270 e. The zero-order valence-electron chi connectivity index (χ0n) is 21.7. The fourth-order valence-corrected chi connectivity index (χ4v) is 5.02. The summed E-state index contributed by atoms with van der Waals surface area (Å²) in [6.45, 7) is 9.60. The van der Waals surface area contributed by atoms with Crippen LogP contribution in [0.1, 0.15) is 48.4 Å². The molecule has 0 aliphatic heterocycles. The van der Waals surface area contributed by atoms with E-state index in [9.17, 15) is 9.59 Å². The third-order valence-corrected chi connectivity index (χ3v) is 6.97. The number of carbonyl (C=O) groups excluding carboxylic acids is 1. The molecule has 0 fully saturated rings. The van der Waals surface area contributed by atoms with Gasteiger partial charge in [-0.2, -0.15) is 4.98 Å². The lowest BCUT2D eigenvalue weighted by atomic mass is 10.1. The summed E-state index contributed by atoms with van der Waals surface area (Å²) in [5.41, 5.74) is 3.05. The van der Waals surface area contributed by atoms with Crippen LogP contribution in [0, 0.1) is 12.8 Å². The Labute approximate surface area is 222 Å². The molecule has 0 saturated heterocycles. The van der Waals surface area contributed by atoms with Crippen LogP contribution in [0.2, 0.25) is 0 Å². The summed E-state index contributed by atoms with van der Waals surface area (Å²) in [7, 11) is 0. The minimum Gasteiger partial charge on any atom is -0.382 e. The van der Waals surface area contributed by atoms with Crippen LogP contribution in [-0.4, -0.2) is 48.8 Å². The number of nitrogens with zero attached hydrogens (tertiary/aromatic N) is 5. The summed E-state index contributed by atoms with van der Waals surface area (Å²) in [6, 6.07) is 7.21. The fraction of sp³-hybridized carbons (Fsp3) is 0.385. The number of rotatable bonds is 10. The molecule has 5 rings (SSSR count). The summed E-state index contributed by atoms with van der Waals surface area (Å²) >= 11 is 1.26. The van der Waals surface area contributed by atoms with E-state index in [4.69, 9.17) is 14.2 Å². The van der Waals surface area contributed by atoms with Crippen molar-refractivity contribution in [3.05, 3.63) is 51.0 Å². The van der Waals surface area contributed by atoms with E-state index in [1.807, 2.05) is 17.6 Å². The maximum Gasteiger partial charge on any atom is 0.270 e. The number of H-pyrrole nitrogens is 1. The van der Waals surface area contributed by atoms with Gasteiger partial charge in [0, 0.05) is 19.8 Å². The van der Waals surface area contributed by atoms with Crippen LogP contribution in [0.25, 0.3) is 32.8 Å². The Hall–Kier alpha value is -3.90. The highest BCUT2D eigenvalue weighted by molar-refractivity contribution is 7.17. The summed E-state index contributed by atoms with van der Waals surface area (Å²) in [4.78, 5) is 43.5. The van der Waals surface area contributed by atoms with Gasteiger partial charge in [0.15, 0.2) is 5.82 Å². The van der Waals surface area contributed by atoms with Crippen molar-refractivity contribution in [1.82, 2.24) is 29.7 Å². The Morgan fingerprint density at radius 2 is 2.05 bits per heavy atom. The molecule has 198 valence electrons. The molecular formula is C26H29N7O4S. The van der Waals surface area contributed by atoms with Gasteiger partial charge >= 0.3 is 0 Å². The maximum absolute atomic E-state index is 13.2. The molecule has 4 heterocycles. The SMILES string of the molecule is CCOCCCn1c(NC(=O)c2ccc(-c3nc(C)no3)s2)nc2cc3[nH]c(=O)c(CC(C)C)nc3cc21. The Balaban J connectivity index is 1.50. The second-order valence-corrected chi connectivity index (χ2v) is 10.5. The number of anilines is 1. The van der Waals surface area contributed by atoms with Crippen LogP contribution in [0.4, 0.5) is 5.95 Å². The lowest BCUT2D eigenvalue weighted by Crippen LogP contribution is -2.17. The van der Waals surface area contributed by atoms with Crippen molar-refractivity contribution in [1.29, 1.82) is 0 Å². The number of benzene rings is 1. The van der Waals surface area contributed by atoms with Crippen LogP contribution >= 0.6 is 11.3 Å². The highest BCUT2D eigenvalue weighted by atomic mass is 32.1. The van der Waals surface area contributed by atoms with Gasteiger partial charge in [0.25, 0.3) is 17.4 Å². The zero-order chi connectivity index (χ0) is 26.8. The Morgan fingerprint density at radius 3 is 2.79 bits per heavy atom. The van der Waals surface area contributed by atoms with E-state index in [1.165, 1.54) is 11.3 Å². The quantitative estimate of drug-likeness (QED) is 0.248. The highest BCUT2D eigenvalue weighted by Gasteiger charge is 2.19. The molecule has 1 amide bonds. The molecule has 2 N–H and O–H groups in total. The normalized spacial score (nSPS) is 11.7. The topological polar surface area (TPSA) is 141 Å². The summed E-state index contributed by atoms with van der Waals surface area (Å²) in [5.74, 6) is 1.32. The first-order valence-corrected chi connectivity index (χ1v) is 13.4. The Morgan fingerprint density at radius 1 is 1.21 bits per heavy atom. The van der Waals surface area contributed by atoms with Crippen LogP contribution in [0.15, 0.2) is 33.6 Å². The van der Waals surface area contributed by atoms with Crippen LogP contribution < -0.4 is 10.9 Å². The van der Waals surface area contributed by atoms with Crippen LogP contribution in [0.3, 0.4) is 0 Å². The van der Waals surface area contributed by atoms with E-state index in [0.717, 1.165) is 11.9 Å². The molecule has 11 nitrogen and oxygen atoms in total. The van der Waals surface area contributed by atoms with E-state index < -0.39 is 0 Å². The number of nitrogens with one attached hydrogen (secondary N) is 2. The van der Waals surface area contributed by atoms with Gasteiger partial charge < -0.3 is 18.8 Å². The predicted octanol–water partition coefficient (Wildman–Crippen LogP) is 4.57. The number of aromatic nitrogens is 6. The fourth-order valence-electron chi connectivity index (χ4n) is 4.19. The number of aromatic amines is 1. The molecule has 0 spiro atoms. The second kappa shape index (κ2) is 10.8. The van der Waals surface area contributed by atoms with Crippen molar-refractivity contribution in [2.45, 2.75) is 47.1 Å². The second-order valence-electron chi connectivity index (χ2n) is 9.37. The minimum absolute atomic E-state index is 0.194. The molecule has 12 heteroatoms. The number of amides is 1. The molecule has 0 unspecified atom stereocenters. The molecular weight excluding hydrogens is 506 g/mol. The molecule has 0 saturated carbocycles. The summed E-state index contributed by atoms with van der Waals surface area (Å²) in [5, 5.41) is 6.76. The van der Waals surface area contributed by atoms with Gasteiger partial charge in [0.2, 0.25) is 5.95 Å². The van der Waals surface area contributed by atoms with Crippen molar-refractivity contribution >= 4 is 45.3 Å². The molecule has 0 bridgehead atoms. The molecule has 38 heavy (non-hydrogen) atoms. The standard InChI is InChI=1S/C26H29N7O4S/c1-5-36-10-6-9-33-20-13-17-16(29-23(34)19(28-17)11-14(2)3)12-18(20)30-26(33)31-24(35)21-7-8-22(38-21)25-27-15(4)32-37-25/h7-8,12-14H,5-6,9-11H2,1-4H3,(H,29,34)(H,30,31,35). The van der Waals surface area contributed by atoms with Gasteiger partial charge in [-0.1, -0.05) is 19.0 Å². The number of thiophene rings is 1. The molecule has 0 atom stereocenters. The third-order valence-electron chi connectivity index (χ3n) is 5.90. The largest absolute Gasteiger partial charge is 0.382 e. The molecule has 1 aromatic carbocycles. The van der Waals surface area contributed by atoms with Crippen molar-refractivity contribution in [3.8, 4) is 10.8 Å². The maximum atomic E-state index is 13.2. The molecule has 0 aliphatic rings. The van der Waals surface area contributed by atoms with E-state index in [0.29, 0.717) is 81.8 Å². The Kier molecular flexibility index (Phi) is 7.34. The van der Waals surface area contributed by atoms with Crippen LogP contribution in [0.5, 0.6) is 0 Å². The number of hydrogen-bond donors (Lipinski definition) is 2. The molecule has 0 aliphatic carbocycles. The van der Waals surface area contributed by atoms with E-state index in [1.54, 1.807) is 25.1 Å². The predicted molar refractivity (Wildman–Crippen MR) is 146 cm³/mol. The number of aryl methyl sites for hydroxylation is 2. The number of fused-ring (bicyclic) bond motifs is 2. The number of ether oxygens (including phenoxy) is 1. The van der Waals surface area contributed by atoms with Gasteiger partial charge in [-0.25, -0.2) is 9.97 Å². The lowest BCUT2D eigenvalue weighted by Gasteiger charge is -2.10. The monoisotopic (exact) mass is 535 g/mol. The van der Waals surface area contributed by atoms with Gasteiger partial charge in [-0.3, -0.25) is 14.9 Å². The number of hydrogen-bond acceptors (Lipinski definition) is 9. The summed E-state index contributed by atoms with van der Waals surface area (Å²) in [6.07, 6.45) is 1.32. The first-order chi connectivity index (χ1) is 18.3. The molecule has 5 aromatic rings. The lowest BCUT2D eigenvalue weighted by molar-refractivity contribution is 0.102. The van der Waals surface area contributed by atoms with Gasteiger partial charge in [-0.05, 0) is 56.9 Å². The van der Waals surface area contributed by atoms with E-state index in [2.05, 4.69) is 39.3 Å². The summed E-state index contributed by atoms with van der Waals surface area (Å²) < 4.78 is 12.7. The highest BCUT2D eigenvalue weighted by Crippen LogP contribution is 2.29. The van der Waals surface area contributed by atoms with Crippen molar-refractivity contribution in [2.24, 2.45) is 5.92 Å². The first kappa shape index (κ1) is 25.7. The van der Waals surface area contributed by atoms with Crippen LogP contribution in [-0.2, 0) is 17.7 Å². The van der Waals surface area contributed by atoms with Crippen molar-refractivity contribution in [2.75, 3.05) is 18.5 Å². The van der Waals surface area contributed by atoms with E-state index >= 15 is 0 Å². The van der Waals surface area contributed by atoms with Gasteiger partial charge in [-0.15, -0.1) is 11.3 Å². The molecule has 4 aromatic heterocycles. The number of carbonyl (C=O) groups is 1. The minimum atomic E-state index is -0.297.